The van der Waals surface area contributed by atoms with E-state index in [1.165, 1.54) is 0 Å². The molecule has 1 aliphatic heterocycles. The largest absolute Gasteiger partial charge is 0.497 e. The van der Waals surface area contributed by atoms with Crippen LogP contribution >= 0.6 is 0 Å². The van der Waals surface area contributed by atoms with Gasteiger partial charge in [-0.3, -0.25) is 14.3 Å². The van der Waals surface area contributed by atoms with Crippen LogP contribution in [0.25, 0.3) is 10.9 Å². The van der Waals surface area contributed by atoms with Crippen LogP contribution in [0.15, 0.2) is 58.8 Å². The highest BCUT2D eigenvalue weighted by molar-refractivity contribution is 5.95. The van der Waals surface area contributed by atoms with Crippen molar-refractivity contribution >= 4 is 22.5 Å². The lowest BCUT2D eigenvalue weighted by atomic mass is 10.2. The maximum atomic E-state index is 12.2. The number of fused-ring (bicyclic) bond motifs is 1. The molecule has 1 fully saturated rings. The number of carbonyl (C=O) groups excluding carboxylic acids is 1. The van der Waals surface area contributed by atoms with Crippen LogP contribution in [0.5, 0.6) is 17.4 Å². The minimum absolute atomic E-state index is 0.00208. The van der Waals surface area contributed by atoms with Crippen LogP contribution in [-0.4, -0.2) is 72.3 Å². The number of para-hydroxylation sites is 1. The fraction of sp³-hybridized carbons (Fsp3) is 0.348. The maximum Gasteiger partial charge on any atom is 0.302 e. The van der Waals surface area contributed by atoms with Crippen molar-refractivity contribution in [1.82, 2.24) is 14.4 Å². The fourth-order valence-electron chi connectivity index (χ4n) is 3.65. The van der Waals surface area contributed by atoms with Crippen LogP contribution in [0.1, 0.15) is 0 Å². The van der Waals surface area contributed by atoms with Gasteiger partial charge in [-0.2, -0.15) is 0 Å². The van der Waals surface area contributed by atoms with E-state index in [4.69, 9.17) is 9.47 Å². The Balaban J connectivity index is 1.47. The molecule has 0 bridgehead atoms. The highest BCUT2D eigenvalue weighted by Crippen LogP contribution is 2.39. The number of rotatable bonds is 7. The van der Waals surface area contributed by atoms with E-state index in [-0.39, 0.29) is 18.2 Å². The number of nitrogens with zero attached hydrogens (tertiary/aromatic N) is 5. The van der Waals surface area contributed by atoms with Gasteiger partial charge in [0.2, 0.25) is 5.88 Å². The first-order valence-corrected chi connectivity index (χ1v) is 10.5. The molecule has 1 saturated heterocycles. The number of likely N-dealkylation sites (N-methyl/N-ethyl adjacent to an activating group) is 1. The third-order valence-corrected chi connectivity index (χ3v) is 5.54. The molecule has 1 N–H and O–H groups in total. The molecule has 9 nitrogen and oxygen atoms in total. The Morgan fingerprint density at radius 3 is 2.44 bits per heavy atom. The molecule has 1 aromatic heterocycles. The maximum absolute atomic E-state index is 12.2. The van der Waals surface area contributed by atoms with Gasteiger partial charge in [0, 0.05) is 31.6 Å². The van der Waals surface area contributed by atoms with Gasteiger partial charge in [-0.15, -0.1) is 10.2 Å². The summed E-state index contributed by atoms with van der Waals surface area (Å²) in [6, 6.07) is 14.5. The monoisotopic (exact) mass is 437 g/mol. The van der Waals surface area contributed by atoms with E-state index in [0.29, 0.717) is 18.2 Å². The summed E-state index contributed by atoms with van der Waals surface area (Å²) in [5, 5.41) is 19.5. The number of carbonyl (C=O) groups is 1. The third kappa shape index (κ3) is 4.90. The quantitative estimate of drug-likeness (QED) is 0.571. The lowest BCUT2D eigenvalue weighted by Crippen LogP contribution is -2.44. The van der Waals surface area contributed by atoms with Crippen molar-refractivity contribution in [2.75, 3.05) is 46.9 Å². The highest BCUT2D eigenvalue weighted by Gasteiger charge is 2.20. The van der Waals surface area contributed by atoms with Crippen molar-refractivity contribution < 1.29 is 19.4 Å². The van der Waals surface area contributed by atoms with Gasteiger partial charge in [0.25, 0.3) is 0 Å². The average molecular weight is 438 g/mol. The Hall–Kier alpha value is -3.43. The van der Waals surface area contributed by atoms with E-state index in [0.717, 1.165) is 37.1 Å². The first-order chi connectivity index (χ1) is 15.5. The van der Waals surface area contributed by atoms with Crippen LogP contribution in [-0.2, 0) is 11.5 Å². The Bertz CT molecular complexity index is 1100. The number of benzene rings is 2. The summed E-state index contributed by atoms with van der Waals surface area (Å²) >= 11 is 0. The minimum Gasteiger partial charge on any atom is -0.497 e. The second kappa shape index (κ2) is 9.80. The van der Waals surface area contributed by atoms with Crippen molar-refractivity contribution in [2.24, 2.45) is 10.2 Å². The van der Waals surface area contributed by atoms with E-state index < -0.39 is 5.91 Å². The van der Waals surface area contributed by atoms with Gasteiger partial charge < -0.3 is 19.5 Å². The first-order valence-electron chi connectivity index (χ1n) is 10.5. The van der Waals surface area contributed by atoms with Gasteiger partial charge in [-0.1, -0.05) is 18.2 Å². The smallest absolute Gasteiger partial charge is 0.302 e. The van der Waals surface area contributed by atoms with E-state index in [2.05, 4.69) is 27.1 Å². The topological polar surface area (TPSA) is 91.9 Å². The Labute approximate surface area is 186 Å². The van der Waals surface area contributed by atoms with Crippen molar-refractivity contribution in [3.63, 3.8) is 0 Å². The van der Waals surface area contributed by atoms with Crippen molar-refractivity contribution in [3.8, 4) is 17.4 Å². The molecule has 0 unspecified atom stereocenters. The number of amides is 1. The fourth-order valence-corrected chi connectivity index (χ4v) is 3.65. The second-order valence-electron chi connectivity index (χ2n) is 7.74. The number of methoxy groups -OCH3 is 1. The molecule has 0 aliphatic carbocycles. The van der Waals surface area contributed by atoms with Crippen molar-refractivity contribution in [2.45, 2.75) is 6.67 Å². The molecule has 2 aromatic carbocycles. The van der Waals surface area contributed by atoms with Gasteiger partial charge in [-0.25, -0.2) is 0 Å². The number of aromatic hydroxyl groups is 1. The lowest BCUT2D eigenvalue weighted by molar-refractivity contribution is -0.120. The summed E-state index contributed by atoms with van der Waals surface area (Å²) in [4.78, 5) is 16.8. The molecule has 9 heteroatoms. The summed E-state index contributed by atoms with van der Waals surface area (Å²) in [5.74, 6) is 0.682. The molecule has 2 heterocycles. The number of ether oxygens (including phenoxy) is 2. The number of aromatic nitrogens is 1. The van der Waals surface area contributed by atoms with E-state index >= 15 is 0 Å². The molecule has 0 saturated carbocycles. The van der Waals surface area contributed by atoms with Gasteiger partial charge >= 0.3 is 5.91 Å². The van der Waals surface area contributed by atoms with Crippen LogP contribution in [0.3, 0.4) is 0 Å². The normalized spacial score (nSPS) is 15.4. The van der Waals surface area contributed by atoms with E-state index in [1.54, 1.807) is 31.4 Å². The van der Waals surface area contributed by atoms with Crippen LogP contribution in [0, 0.1) is 0 Å². The van der Waals surface area contributed by atoms with Crippen LogP contribution in [0.4, 0.5) is 5.69 Å². The molecule has 0 atom stereocenters. The van der Waals surface area contributed by atoms with Crippen molar-refractivity contribution in [1.29, 1.82) is 0 Å². The Morgan fingerprint density at radius 2 is 1.72 bits per heavy atom. The van der Waals surface area contributed by atoms with Crippen LogP contribution < -0.4 is 9.47 Å². The summed E-state index contributed by atoms with van der Waals surface area (Å²) < 4.78 is 12.4. The minimum atomic E-state index is -0.545. The zero-order valence-electron chi connectivity index (χ0n) is 18.3. The number of hydrogen-bond donors (Lipinski definition) is 1. The number of hydrogen-bond acceptors (Lipinski definition) is 7. The van der Waals surface area contributed by atoms with E-state index in [9.17, 15) is 9.90 Å². The van der Waals surface area contributed by atoms with Gasteiger partial charge in [0.15, 0.2) is 12.3 Å². The SMILES string of the molecule is COc1ccc(OCC(=O)N=Nc2c(O)n(CN3CCN(C)CC3)c3ccccc23)cc1. The summed E-state index contributed by atoms with van der Waals surface area (Å²) in [6.45, 7) is 4.09. The molecule has 3 aromatic rings. The molecule has 168 valence electrons. The average Bonchev–Trinajstić information content (AvgIpc) is 3.08. The summed E-state index contributed by atoms with van der Waals surface area (Å²) in [5.41, 5.74) is 1.13. The molecule has 4 rings (SSSR count). The van der Waals surface area contributed by atoms with Gasteiger partial charge in [0.05, 0.1) is 19.3 Å². The second-order valence-corrected chi connectivity index (χ2v) is 7.74. The number of azo groups is 1. The first kappa shape index (κ1) is 21.8. The van der Waals surface area contributed by atoms with Crippen molar-refractivity contribution in [3.05, 3.63) is 48.5 Å². The van der Waals surface area contributed by atoms with Gasteiger partial charge in [-0.05, 0) is 37.4 Å². The highest BCUT2D eigenvalue weighted by atomic mass is 16.5. The Morgan fingerprint density at radius 1 is 1.03 bits per heavy atom. The molecule has 1 amide bonds. The molecule has 32 heavy (non-hydrogen) atoms. The Kier molecular flexibility index (Phi) is 6.67. The standard InChI is InChI=1S/C23H27N5O4/c1-26-11-13-27(14-12-26)16-28-20-6-4-3-5-19(20)22(23(28)30)25-24-21(29)15-32-18-9-7-17(31-2)8-10-18/h3-10,30H,11-16H2,1-2H3. The lowest BCUT2D eigenvalue weighted by Gasteiger charge is -2.32. The van der Waals surface area contributed by atoms with Gasteiger partial charge in [0.1, 0.15) is 11.5 Å². The zero-order chi connectivity index (χ0) is 22.5. The molecule has 0 radical (unpaired) electrons. The molecular weight excluding hydrogens is 410 g/mol. The predicted octanol–water partition coefficient (Wildman–Crippen LogP) is 3.25. The van der Waals surface area contributed by atoms with Crippen LogP contribution in [0.2, 0.25) is 0 Å². The zero-order valence-corrected chi connectivity index (χ0v) is 18.3. The third-order valence-electron chi connectivity index (χ3n) is 5.54. The number of piperazine rings is 1. The van der Waals surface area contributed by atoms with E-state index in [1.807, 2.05) is 28.8 Å². The molecule has 0 spiro atoms. The molecular formula is C23H27N5O4. The summed E-state index contributed by atoms with van der Waals surface area (Å²) in [6.07, 6.45) is 0. The summed E-state index contributed by atoms with van der Waals surface area (Å²) in [7, 11) is 3.69. The predicted molar refractivity (Wildman–Crippen MR) is 121 cm³/mol. The molecule has 1 aliphatic rings.